The smallest absolute Gasteiger partial charge is 0.305 e. The molecular weight excluding hydrogens is 188 g/mol. The number of esters is 1. The molecule has 0 aromatic heterocycles. The summed E-state index contributed by atoms with van der Waals surface area (Å²) in [6, 6.07) is 0. The van der Waals surface area contributed by atoms with E-state index in [4.69, 9.17) is 16.3 Å². The number of halogens is 1. The SMILES string of the molecule is CCCCOC(=O)CCC(C)(C)Cl. The summed E-state index contributed by atoms with van der Waals surface area (Å²) in [5.41, 5.74) is 0. The van der Waals surface area contributed by atoms with Crippen LogP contribution in [0, 0.1) is 0 Å². The largest absolute Gasteiger partial charge is 0.466 e. The van der Waals surface area contributed by atoms with Gasteiger partial charge in [-0.3, -0.25) is 4.79 Å². The average Bonchev–Trinajstić information content (AvgIpc) is 2.00. The van der Waals surface area contributed by atoms with Crippen LogP contribution >= 0.6 is 11.6 Å². The minimum atomic E-state index is -0.302. The Morgan fingerprint density at radius 2 is 2.08 bits per heavy atom. The number of carbonyl (C=O) groups is 1. The van der Waals surface area contributed by atoms with Crippen LogP contribution in [-0.4, -0.2) is 17.5 Å². The minimum absolute atomic E-state index is 0.137. The third kappa shape index (κ3) is 9.68. The normalized spacial score (nSPS) is 11.4. The van der Waals surface area contributed by atoms with Gasteiger partial charge in [0, 0.05) is 11.3 Å². The van der Waals surface area contributed by atoms with E-state index in [9.17, 15) is 4.79 Å². The van der Waals surface area contributed by atoms with Gasteiger partial charge < -0.3 is 4.74 Å². The molecule has 0 aliphatic rings. The van der Waals surface area contributed by atoms with Crippen LogP contribution in [0.5, 0.6) is 0 Å². The van der Waals surface area contributed by atoms with Gasteiger partial charge in [0.15, 0.2) is 0 Å². The molecule has 0 aliphatic heterocycles. The van der Waals surface area contributed by atoms with Crippen molar-refractivity contribution in [2.45, 2.75) is 51.3 Å². The van der Waals surface area contributed by atoms with Gasteiger partial charge in [-0.15, -0.1) is 11.6 Å². The Morgan fingerprint density at radius 1 is 1.46 bits per heavy atom. The lowest BCUT2D eigenvalue weighted by atomic mass is 10.1. The molecule has 2 nitrogen and oxygen atoms in total. The highest BCUT2D eigenvalue weighted by Crippen LogP contribution is 2.19. The molecule has 0 atom stereocenters. The van der Waals surface area contributed by atoms with Gasteiger partial charge in [0.2, 0.25) is 0 Å². The molecule has 0 amide bonds. The van der Waals surface area contributed by atoms with E-state index in [2.05, 4.69) is 6.92 Å². The number of hydrogen-bond donors (Lipinski definition) is 0. The van der Waals surface area contributed by atoms with E-state index in [1.807, 2.05) is 13.8 Å². The molecule has 0 heterocycles. The first-order valence-corrected chi connectivity index (χ1v) is 5.18. The van der Waals surface area contributed by atoms with Crippen LogP contribution in [0.25, 0.3) is 0 Å². The quantitative estimate of drug-likeness (QED) is 0.379. The molecule has 0 N–H and O–H groups in total. The van der Waals surface area contributed by atoms with E-state index < -0.39 is 0 Å². The van der Waals surface area contributed by atoms with Crippen molar-refractivity contribution in [3.05, 3.63) is 0 Å². The van der Waals surface area contributed by atoms with Crippen molar-refractivity contribution in [1.82, 2.24) is 0 Å². The molecule has 0 radical (unpaired) electrons. The topological polar surface area (TPSA) is 26.3 Å². The minimum Gasteiger partial charge on any atom is -0.466 e. The Hall–Kier alpha value is -0.240. The fraction of sp³-hybridized carbons (Fsp3) is 0.900. The van der Waals surface area contributed by atoms with Crippen molar-refractivity contribution >= 4 is 17.6 Å². The predicted molar refractivity (Wildman–Crippen MR) is 55.0 cm³/mol. The average molecular weight is 207 g/mol. The fourth-order valence-corrected chi connectivity index (χ4v) is 0.896. The Bertz CT molecular complexity index is 149. The first kappa shape index (κ1) is 12.8. The van der Waals surface area contributed by atoms with E-state index in [0.29, 0.717) is 19.4 Å². The lowest BCUT2D eigenvalue weighted by Crippen LogP contribution is -2.14. The van der Waals surface area contributed by atoms with Crippen molar-refractivity contribution in [3.63, 3.8) is 0 Å². The van der Waals surface area contributed by atoms with Crippen molar-refractivity contribution in [3.8, 4) is 0 Å². The molecule has 0 rings (SSSR count). The number of carbonyl (C=O) groups excluding carboxylic acids is 1. The summed E-state index contributed by atoms with van der Waals surface area (Å²) in [4.78, 5) is 10.8. The molecule has 78 valence electrons. The molecule has 0 fully saturated rings. The van der Waals surface area contributed by atoms with Crippen molar-refractivity contribution in [2.24, 2.45) is 0 Å². The molecule has 0 unspecified atom stereocenters. The highest BCUT2D eigenvalue weighted by molar-refractivity contribution is 6.23. The maximum absolute atomic E-state index is 11.1. The standard InChI is InChI=1S/C10H19ClO2/c1-4-5-8-13-9(12)6-7-10(2,3)11/h4-8H2,1-3H3. The molecule has 0 aliphatic carbocycles. The van der Waals surface area contributed by atoms with Gasteiger partial charge in [-0.1, -0.05) is 13.3 Å². The third-order valence-electron chi connectivity index (χ3n) is 1.68. The first-order chi connectivity index (χ1) is 5.95. The van der Waals surface area contributed by atoms with Gasteiger partial charge in [-0.05, 0) is 26.7 Å². The van der Waals surface area contributed by atoms with Crippen LogP contribution < -0.4 is 0 Å². The van der Waals surface area contributed by atoms with Crippen molar-refractivity contribution in [2.75, 3.05) is 6.61 Å². The molecule has 0 saturated heterocycles. The fourth-order valence-electron chi connectivity index (χ4n) is 0.802. The Labute approximate surface area is 85.6 Å². The van der Waals surface area contributed by atoms with E-state index >= 15 is 0 Å². The molecular formula is C10H19ClO2. The molecule has 13 heavy (non-hydrogen) atoms. The molecule has 0 spiro atoms. The second-order valence-electron chi connectivity index (χ2n) is 3.79. The number of ether oxygens (including phenoxy) is 1. The van der Waals surface area contributed by atoms with E-state index in [1.165, 1.54) is 0 Å². The van der Waals surface area contributed by atoms with Crippen LogP contribution in [-0.2, 0) is 9.53 Å². The second kappa shape index (κ2) is 6.25. The van der Waals surface area contributed by atoms with Crippen molar-refractivity contribution < 1.29 is 9.53 Å². The van der Waals surface area contributed by atoms with Crippen molar-refractivity contribution in [1.29, 1.82) is 0 Å². The van der Waals surface area contributed by atoms with E-state index in [0.717, 1.165) is 12.8 Å². The monoisotopic (exact) mass is 206 g/mol. The van der Waals surface area contributed by atoms with Gasteiger partial charge in [0.05, 0.1) is 6.61 Å². The van der Waals surface area contributed by atoms with Crippen LogP contribution in [0.2, 0.25) is 0 Å². The zero-order valence-electron chi connectivity index (χ0n) is 8.73. The lowest BCUT2D eigenvalue weighted by molar-refractivity contribution is -0.144. The van der Waals surface area contributed by atoms with Crippen LogP contribution in [0.4, 0.5) is 0 Å². The summed E-state index contributed by atoms with van der Waals surface area (Å²) in [6.07, 6.45) is 3.07. The number of unbranched alkanes of at least 4 members (excludes halogenated alkanes) is 1. The Morgan fingerprint density at radius 3 is 2.54 bits per heavy atom. The van der Waals surface area contributed by atoms with Crippen LogP contribution in [0.1, 0.15) is 46.5 Å². The van der Waals surface area contributed by atoms with Gasteiger partial charge in [0.25, 0.3) is 0 Å². The van der Waals surface area contributed by atoms with Crippen LogP contribution in [0.15, 0.2) is 0 Å². The molecule has 3 heteroatoms. The van der Waals surface area contributed by atoms with Gasteiger partial charge in [-0.25, -0.2) is 0 Å². The zero-order chi connectivity index (χ0) is 10.3. The Kier molecular flexibility index (Phi) is 6.13. The highest BCUT2D eigenvalue weighted by atomic mass is 35.5. The predicted octanol–water partition coefficient (Wildman–Crippen LogP) is 3.13. The summed E-state index contributed by atoms with van der Waals surface area (Å²) in [6.45, 7) is 6.40. The summed E-state index contributed by atoms with van der Waals surface area (Å²) in [7, 11) is 0. The summed E-state index contributed by atoms with van der Waals surface area (Å²) in [5.74, 6) is -0.137. The third-order valence-corrected chi connectivity index (χ3v) is 1.87. The number of hydrogen-bond acceptors (Lipinski definition) is 2. The summed E-state index contributed by atoms with van der Waals surface area (Å²) < 4.78 is 4.98. The van der Waals surface area contributed by atoms with Crippen LogP contribution in [0.3, 0.4) is 0 Å². The van der Waals surface area contributed by atoms with Gasteiger partial charge in [-0.2, -0.15) is 0 Å². The second-order valence-corrected chi connectivity index (χ2v) is 4.82. The summed E-state index contributed by atoms with van der Waals surface area (Å²) in [5, 5.41) is 0. The number of rotatable bonds is 6. The Balaban J connectivity index is 3.41. The van der Waals surface area contributed by atoms with E-state index in [1.54, 1.807) is 0 Å². The molecule has 0 bridgehead atoms. The molecule has 0 aromatic carbocycles. The summed E-state index contributed by atoms with van der Waals surface area (Å²) >= 11 is 5.93. The maximum atomic E-state index is 11.1. The van der Waals surface area contributed by atoms with E-state index in [-0.39, 0.29) is 10.8 Å². The maximum Gasteiger partial charge on any atom is 0.305 e. The molecule has 0 saturated carbocycles. The molecule has 0 aromatic rings. The van der Waals surface area contributed by atoms with Gasteiger partial charge in [0.1, 0.15) is 0 Å². The van der Waals surface area contributed by atoms with Gasteiger partial charge >= 0.3 is 5.97 Å². The first-order valence-electron chi connectivity index (χ1n) is 4.80. The highest BCUT2D eigenvalue weighted by Gasteiger charge is 2.15. The zero-order valence-corrected chi connectivity index (χ0v) is 9.49. The number of alkyl halides is 1. The lowest BCUT2D eigenvalue weighted by Gasteiger charge is -2.14.